The molecule has 25 heavy (non-hydrogen) atoms. The van der Waals surface area contributed by atoms with Crippen molar-refractivity contribution in [1.29, 1.82) is 0 Å². The van der Waals surface area contributed by atoms with Gasteiger partial charge in [-0.1, -0.05) is 13.0 Å². The minimum absolute atomic E-state index is 0.123. The van der Waals surface area contributed by atoms with Gasteiger partial charge in [0.2, 0.25) is 6.54 Å². The first-order chi connectivity index (χ1) is 11.9. The van der Waals surface area contributed by atoms with Crippen molar-refractivity contribution in [2.24, 2.45) is 5.92 Å². The molecule has 0 aromatic heterocycles. The van der Waals surface area contributed by atoms with Crippen molar-refractivity contribution in [3.63, 3.8) is 0 Å². The van der Waals surface area contributed by atoms with E-state index in [1.54, 1.807) is 13.8 Å². The second kappa shape index (κ2) is 11.7. The Hall–Kier alpha value is -2.80. The summed E-state index contributed by atoms with van der Waals surface area (Å²) in [5.41, 5.74) is 0.123. The van der Waals surface area contributed by atoms with E-state index in [-0.39, 0.29) is 18.3 Å². The van der Waals surface area contributed by atoms with Crippen LogP contribution in [0, 0.1) is 21.8 Å². The molecule has 0 saturated heterocycles. The molecule has 1 aromatic rings. The van der Waals surface area contributed by atoms with Gasteiger partial charge in [0, 0.05) is 11.0 Å². The number of halogens is 1. The molecule has 0 fully saturated rings. The maximum Gasteiger partial charge on any atom is 0.373 e. The molecule has 8 nitrogen and oxygen atoms in total. The molecular formula is C16H20FNO7. The molecule has 1 unspecified atom stereocenters. The maximum atomic E-state index is 14.2. The van der Waals surface area contributed by atoms with E-state index in [1.807, 2.05) is 0 Å². The fourth-order valence-corrected chi connectivity index (χ4v) is 2.40. The summed E-state index contributed by atoms with van der Waals surface area (Å²) in [5.74, 6) is -2.52. The molecular weight excluding hydrogens is 337 g/mol. The largest absolute Gasteiger partial charge is 0.497 e. The highest BCUT2D eigenvalue weighted by Gasteiger charge is 2.34. The van der Waals surface area contributed by atoms with Gasteiger partial charge in [0.25, 0.3) is 0 Å². The van der Waals surface area contributed by atoms with Gasteiger partial charge in [-0.2, -0.15) is 9.59 Å². The lowest BCUT2D eigenvalue weighted by atomic mass is 9.84. The van der Waals surface area contributed by atoms with Gasteiger partial charge < -0.3 is 9.47 Å². The molecule has 0 bridgehead atoms. The van der Waals surface area contributed by atoms with Crippen molar-refractivity contribution in [1.82, 2.24) is 0 Å². The first-order valence-electron chi connectivity index (χ1n) is 7.47. The van der Waals surface area contributed by atoms with E-state index < -0.39 is 35.1 Å². The molecule has 0 amide bonds. The molecule has 0 radical (unpaired) electrons. The molecule has 1 aromatic carbocycles. The van der Waals surface area contributed by atoms with Crippen LogP contribution in [0.5, 0.6) is 5.75 Å². The van der Waals surface area contributed by atoms with E-state index in [9.17, 15) is 19.3 Å². The van der Waals surface area contributed by atoms with E-state index in [0.29, 0.717) is 12.2 Å². The summed E-state index contributed by atoms with van der Waals surface area (Å²) in [4.78, 5) is 38.6. The second-order valence-electron chi connectivity index (χ2n) is 4.86. The topological polar surface area (TPSA) is 113 Å². The molecule has 0 saturated carbocycles. The Morgan fingerprint density at radius 2 is 1.96 bits per heavy atom. The zero-order valence-electron chi connectivity index (χ0n) is 14.2. The smallest absolute Gasteiger partial charge is 0.373 e. The standard InChI is InChI=1S/C15H20FNO5.CO2/c1-4-11(15(18)22-5-2)13(9-17(19)20)12-7-6-10(21-3)8-14(12)16;2-1-3/h6-8,11,13H,4-5,9H2,1-3H3;/t11?,13-;/m1./s1. The number of benzene rings is 1. The van der Waals surface area contributed by atoms with Gasteiger partial charge in [-0.3, -0.25) is 14.9 Å². The lowest BCUT2D eigenvalue weighted by Gasteiger charge is -2.22. The lowest BCUT2D eigenvalue weighted by Crippen LogP contribution is -2.29. The lowest BCUT2D eigenvalue weighted by molar-refractivity contribution is -0.484. The van der Waals surface area contributed by atoms with Crippen LogP contribution in [0.4, 0.5) is 4.39 Å². The van der Waals surface area contributed by atoms with Crippen LogP contribution in [-0.2, 0) is 19.1 Å². The van der Waals surface area contributed by atoms with Crippen LogP contribution in [0.2, 0.25) is 0 Å². The van der Waals surface area contributed by atoms with Crippen molar-refractivity contribution in [3.8, 4) is 5.75 Å². The van der Waals surface area contributed by atoms with Gasteiger partial charge in [-0.25, -0.2) is 4.39 Å². The van der Waals surface area contributed by atoms with Crippen LogP contribution < -0.4 is 4.74 Å². The fraction of sp³-hybridized carbons (Fsp3) is 0.500. The summed E-state index contributed by atoms with van der Waals surface area (Å²) < 4.78 is 24.1. The van der Waals surface area contributed by atoms with E-state index in [0.717, 1.165) is 6.07 Å². The number of nitrogens with zero attached hydrogens (tertiary/aromatic N) is 1. The number of hydrogen-bond acceptors (Lipinski definition) is 7. The number of hydrogen-bond donors (Lipinski definition) is 0. The average Bonchev–Trinajstić information content (AvgIpc) is 2.55. The summed E-state index contributed by atoms with van der Waals surface area (Å²) >= 11 is 0. The predicted molar refractivity (Wildman–Crippen MR) is 83.0 cm³/mol. The number of carbonyl (C=O) groups excluding carboxylic acids is 3. The first-order valence-corrected chi connectivity index (χ1v) is 7.47. The average molecular weight is 357 g/mol. The number of rotatable bonds is 8. The number of nitro groups is 1. The summed E-state index contributed by atoms with van der Waals surface area (Å²) in [7, 11) is 1.40. The molecule has 2 atom stereocenters. The van der Waals surface area contributed by atoms with Gasteiger partial charge in [0.1, 0.15) is 11.6 Å². The Morgan fingerprint density at radius 1 is 1.36 bits per heavy atom. The fourth-order valence-electron chi connectivity index (χ4n) is 2.40. The van der Waals surface area contributed by atoms with Crippen LogP contribution in [0.25, 0.3) is 0 Å². The van der Waals surface area contributed by atoms with Crippen LogP contribution in [0.3, 0.4) is 0 Å². The quantitative estimate of drug-likeness (QED) is 0.398. The van der Waals surface area contributed by atoms with Crippen LogP contribution in [0.1, 0.15) is 31.7 Å². The zero-order chi connectivity index (χ0) is 19.4. The Bertz CT molecular complexity index is 615. The molecule has 0 aliphatic carbocycles. The zero-order valence-corrected chi connectivity index (χ0v) is 14.2. The number of methoxy groups -OCH3 is 1. The van der Waals surface area contributed by atoms with Crippen molar-refractivity contribution in [2.45, 2.75) is 26.2 Å². The van der Waals surface area contributed by atoms with Gasteiger partial charge in [0.05, 0.1) is 25.6 Å². The molecule has 0 N–H and O–H groups in total. The van der Waals surface area contributed by atoms with Gasteiger partial charge >= 0.3 is 12.1 Å². The van der Waals surface area contributed by atoms with Gasteiger partial charge in [-0.15, -0.1) is 0 Å². The number of carbonyl (C=O) groups is 1. The molecule has 0 heterocycles. The number of esters is 1. The Kier molecular flexibility index (Phi) is 10.4. The SMILES string of the molecule is CCOC(=O)C(CC)[C@@H](C[N+](=O)[O-])c1ccc(OC)cc1F.O=C=O. The van der Waals surface area contributed by atoms with Crippen molar-refractivity contribution >= 4 is 12.1 Å². The summed E-state index contributed by atoms with van der Waals surface area (Å²) in [6.45, 7) is 3.00. The monoisotopic (exact) mass is 357 g/mol. The van der Waals surface area contributed by atoms with Gasteiger partial charge in [-0.05, 0) is 25.0 Å². The third kappa shape index (κ3) is 7.09. The Labute approximate surface area is 144 Å². The van der Waals surface area contributed by atoms with Crippen molar-refractivity contribution < 1.29 is 33.2 Å². The molecule has 0 aliphatic heterocycles. The van der Waals surface area contributed by atoms with Gasteiger partial charge in [0.15, 0.2) is 0 Å². The summed E-state index contributed by atoms with van der Waals surface area (Å²) in [5, 5.41) is 10.9. The van der Waals surface area contributed by atoms with Crippen molar-refractivity contribution in [3.05, 3.63) is 39.7 Å². The Morgan fingerprint density at radius 3 is 2.36 bits per heavy atom. The minimum atomic E-state index is -0.884. The van der Waals surface area contributed by atoms with E-state index >= 15 is 0 Å². The second-order valence-corrected chi connectivity index (χ2v) is 4.86. The van der Waals surface area contributed by atoms with E-state index in [4.69, 9.17) is 19.1 Å². The normalized spacial score (nSPS) is 12.0. The summed E-state index contributed by atoms with van der Waals surface area (Å²) in [6, 6.07) is 4.09. The van der Waals surface area contributed by atoms with Crippen molar-refractivity contribution in [2.75, 3.05) is 20.3 Å². The third-order valence-electron chi connectivity index (χ3n) is 3.47. The minimum Gasteiger partial charge on any atom is -0.497 e. The third-order valence-corrected chi connectivity index (χ3v) is 3.47. The Balaban J connectivity index is 0.00000178. The van der Waals surface area contributed by atoms with E-state index in [2.05, 4.69) is 0 Å². The maximum absolute atomic E-state index is 14.2. The molecule has 0 aliphatic rings. The van der Waals surface area contributed by atoms with Crippen LogP contribution in [0.15, 0.2) is 18.2 Å². The summed E-state index contributed by atoms with van der Waals surface area (Å²) in [6.07, 6.45) is 0.572. The first kappa shape index (κ1) is 22.2. The molecule has 0 spiro atoms. The predicted octanol–water partition coefficient (Wildman–Crippen LogP) is 2.20. The molecule has 1 rings (SSSR count). The molecule has 138 valence electrons. The van der Waals surface area contributed by atoms with Crippen LogP contribution in [-0.4, -0.2) is 37.3 Å². The van der Waals surface area contributed by atoms with E-state index in [1.165, 1.54) is 19.2 Å². The highest BCUT2D eigenvalue weighted by atomic mass is 19.1. The number of ether oxygens (including phenoxy) is 2. The van der Waals surface area contributed by atoms with Crippen LogP contribution >= 0.6 is 0 Å². The highest BCUT2D eigenvalue weighted by molar-refractivity contribution is 5.73. The molecule has 9 heteroatoms. The highest BCUT2D eigenvalue weighted by Crippen LogP contribution is 2.32.